The Hall–Kier alpha value is -1.21. The van der Waals surface area contributed by atoms with E-state index < -0.39 is 44.0 Å². The second-order valence-corrected chi connectivity index (χ2v) is 8.50. The summed E-state index contributed by atoms with van der Waals surface area (Å²) < 4.78 is 82.4. The number of sulfonamides is 2. The van der Waals surface area contributed by atoms with Crippen molar-refractivity contribution in [2.75, 3.05) is 30.7 Å². The van der Waals surface area contributed by atoms with Crippen LogP contribution in [0.4, 0.5) is 14.5 Å². The predicted octanol–water partition coefficient (Wildman–Crippen LogP) is 0.751. The Kier molecular flexibility index (Phi) is 8.51. The van der Waals surface area contributed by atoms with Crippen LogP contribution in [0.1, 0.15) is 6.92 Å². The van der Waals surface area contributed by atoms with Gasteiger partial charge in [0.25, 0.3) is 5.92 Å². The van der Waals surface area contributed by atoms with Crippen LogP contribution in [0.25, 0.3) is 0 Å². The molecule has 0 saturated carbocycles. The van der Waals surface area contributed by atoms with E-state index in [0.717, 1.165) is 12.1 Å². The summed E-state index contributed by atoms with van der Waals surface area (Å²) in [6, 6.07) is 3.38. The number of ether oxygens (including phenoxy) is 1. The largest absolute Gasteiger partial charge is 0.495 e. The monoisotopic (exact) mass is 423 g/mol. The van der Waals surface area contributed by atoms with E-state index >= 15 is 0 Å². The molecule has 0 aliphatic carbocycles. The number of hydrogen-bond acceptors (Lipinski definition) is 6. The standard InChI is InChI=1S/C12H19F2N3O5S2.ClH/c1-3-23(18,19)17-9-4-5-11(10(6-9)22-2)24(20,21)16-8-12(13,14)7-15;/h4-6,16-17H,3,7-8,15H2,1-2H3;1H. The summed E-state index contributed by atoms with van der Waals surface area (Å²) in [6.45, 7) is -0.747. The Morgan fingerprint density at radius 1 is 1.24 bits per heavy atom. The highest BCUT2D eigenvalue weighted by molar-refractivity contribution is 7.92. The zero-order valence-corrected chi connectivity index (χ0v) is 15.9. The average molecular weight is 424 g/mol. The van der Waals surface area contributed by atoms with E-state index in [1.54, 1.807) is 4.72 Å². The number of benzene rings is 1. The fourth-order valence-corrected chi connectivity index (χ4v) is 3.40. The van der Waals surface area contributed by atoms with Crippen LogP contribution in [0.5, 0.6) is 5.75 Å². The van der Waals surface area contributed by atoms with Crippen molar-refractivity contribution >= 4 is 38.1 Å². The summed E-state index contributed by atoms with van der Waals surface area (Å²) in [6.07, 6.45) is 0. The molecule has 25 heavy (non-hydrogen) atoms. The van der Waals surface area contributed by atoms with Crippen LogP contribution >= 0.6 is 12.4 Å². The van der Waals surface area contributed by atoms with E-state index in [-0.39, 0.29) is 29.6 Å². The Bertz CT molecular complexity index is 788. The van der Waals surface area contributed by atoms with Gasteiger partial charge in [-0.15, -0.1) is 12.4 Å². The molecule has 0 aromatic heterocycles. The third-order valence-electron chi connectivity index (χ3n) is 2.93. The molecular weight excluding hydrogens is 404 g/mol. The van der Waals surface area contributed by atoms with E-state index in [1.165, 1.54) is 20.1 Å². The van der Waals surface area contributed by atoms with Gasteiger partial charge in [-0.25, -0.2) is 30.3 Å². The maximum absolute atomic E-state index is 13.1. The van der Waals surface area contributed by atoms with Crippen molar-refractivity contribution in [1.82, 2.24) is 4.72 Å². The van der Waals surface area contributed by atoms with Gasteiger partial charge in [0, 0.05) is 6.07 Å². The summed E-state index contributed by atoms with van der Waals surface area (Å²) in [5, 5.41) is 0. The van der Waals surface area contributed by atoms with Gasteiger partial charge in [0.05, 0.1) is 31.6 Å². The fourth-order valence-electron chi connectivity index (χ4n) is 1.56. The van der Waals surface area contributed by atoms with Gasteiger partial charge in [-0.2, -0.15) is 0 Å². The summed E-state index contributed by atoms with van der Waals surface area (Å²) in [7, 11) is -6.70. The lowest BCUT2D eigenvalue weighted by Crippen LogP contribution is -2.41. The Morgan fingerprint density at radius 3 is 2.32 bits per heavy atom. The van der Waals surface area contributed by atoms with Crippen LogP contribution in [0.15, 0.2) is 23.1 Å². The van der Waals surface area contributed by atoms with Crippen molar-refractivity contribution in [1.29, 1.82) is 0 Å². The third-order valence-corrected chi connectivity index (χ3v) is 5.67. The van der Waals surface area contributed by atoms with E-state index in [1.807, 2.05) is 0 Å². The highest BCUT2D eigenvalue weighted by Gasteiger charge is 2.30. The molecule has 0 amide bonds. The second-order valence-electron chi connectivity index (χ2n) is 4.76. The van der Waals surface area contributed by atoms with Crippen molar-refractivity contribution in [2.45, 2.75) is 17.7 Å². The molecule has 0 saturated heterocycles. The molecule has 8 nitrogen and oxygen atoms in total. The molecular formula is C12H20ClF2N3O5S2. The van der Waals surface area contributed by atoms with Gasteiger partial charge < -0.3 is 10.5 Å². The maximum atomic E-state index is 13.1. The Balaban J connectivity index is 0.00000576. The summed E-state index contributed by atoms with van der Waals surface area (Å²) >= 11 is 0. The lowest BCUT2D eigenvalue weighted by molar-refractivity contribution is 0.0170. The van der Waals surface area contributed by atoms with Crippen LogP contribution < -0.4 is 19.9 Å². The fraction of sp³-hybridized carbons (Fsp3) is 0.500. The van der Waals surface area contributed by atoms with Crippen molar-refractivity contribution in [3.8, 4) is 5.75 Å². The van der Waals surface area contributed by atoms with Gasteiger partial charge in [0.15, 0.2) is 0 Å². The van der Waals surface area contributed by atoms with Crippen molar-refractivity contribution < 1.29 is 30.4 Å². The number of alkyl halides is 2. The van der Waals surface area contributed by atoms with Crippen LogP contribution in [0.3, 0.4) is 0 Å². The molecule has 0 aliphatic rings. The van der Waals surface area contributed by atoms with Crippen LogP contribution in [0, 0.1) is 0 Å². The highest BCUT2D eigenvalue weighted by atomic mass is 35.5. The minimum absolute atomic E-state index is 0. The average Bonchev–Trinajstić information content (AvgIpc) is 2.52. The number of nitrogens with one attached hydrogen (secondary N) is 2. The molecule has 0 spiro atoms. The first-order valence-corrected chi connectivity index (χ1v) is 9.86. The van der Waals surface area contributed by atoms with Gasteiger partial charge in [-0.05, 0) is 19.1 Å². The Morgan fingerprint density at radius 2 is 1.84 bits per heavy atom. The first kappa shape index (κ1) is 23.8. The van der Waals surface area contributed by atoms with Crippen molar-refractivity contribution in [2.24, 2.45) is 5.73 Å². The van der Waals surface area contributed by atoms with Crippen LogP contribution in [-0.4, -0.2) is 48.7 Å². The summed E-state index contributed by atoms with van der Waals surface area (Å²) in [5.41, 5.74) is 4.93. The Labute approximate surface area is 151 Å². The summed E-state index contributed by atoms with van der Waals surface area (Å²) in [4.78, 5) is -0.405. The van der Waals surface area contributed by atoms with E-state index in [0.29, 0.717) is 0 Å². The zero-order chi connectivity index (χ0) is 18.6. The molecule has 146 valence electrons. The lowest BCUT2D eigenvalue weighted by atomic mass is 10.3. The predicted molar refractivity (Wildman–Crippen MR) is 92.5 cm³/mol. The molecule has 1 aromatic carbocycles. The quantitative estimate of drug-likeness (QED) is 0.537. The number of rotatable bonds is 9. The SMILES string of the molecule is CCS(=O)(=O)Nc1ccc(S(=O)(=O)NCC(F)(F)CN)c(OC)c1.Cl. The first-order valence-electron chi connectivity index (χ1n) is 6.72. The molecule has 1 rings (SSSR count). The van der Waals surface area contributed by atoms with Crippen molar-refractivity contribution in [3.05, 3.63) is 18.2 Å². The highest BCUT2D eigenvalue weighted by Crippen LogP contribution is 2.28. The van der Waals surface area contributed by atoms with Gasteiger partial charge >= 0.3 is 0 Å². The molecule has 0 unspecified atom stereocenters. The first-order chi connectivity index (χ1) is 11.0. The molecule has 0 aliphatic heterocycles. The van der Waals surface area contributed by atoms with Gasteiger partial charge in [-0.3, -0.25) is 4.72 Å². The van der Waals surface area contributed by atoms with Gasteiger partial charge in [-0.1, -0.05) is 0 Å². The van der Waals surface area contributed by atoms with Gasteiger partial charge in [0.2, 0.25) is 20.0 Å². The maximum Gasteiger partial charge on any atom is 0.273 e. The van der Waals surface area contributed by atoms with Crippen molar-refractivity contribution in [3.63, 3.8) is 0 Å². The van der Waals surface area contributed by atoms with Crippen LogP contribution in [0.2, 0.25) is 0 Å². The minimum Gasteiger partial charge on any atom is -0.495 e. The normalized spacial score (nSPS) is 12.4. The smallest absolute Gasteiger partial charge is 0.273 e. The molecule has 1 aromatic rings. The molecule has 0 fully saturated rings. The number of halogens is 3. The molecule has 0 radical (unpaired) electrons. The second kappa shape index (κ2) is 8.94. The van der Waals surface area contributed by atoms with Gasteiger partial charge in [0.1, 0.15) is 10.6 Å². The lowest BCUT2D eigenvalue weighted by Gasteiger charge is -2.16. The van der Waals surface area contributed by atoms with E-state index in [9.17, 15) is 25.6 Å². The minimum atomic E-state index is -4.30. The number of methoxy groups -OCH3 is 1. The molecule has 0 bridgehead atoms. The number of hydrogen-bond donors (Lipinski definition) is 3. The van der Waals surface area contributed by atoms with Crippen LogP contribution in [-0.2, 0) is 20.0 Å². The number of anilines is 1. The molecule has 0 atom stereocenters. The molecule has 0 heterocycles. The number of nitrogens with two attached hydrogens (primary N) is 1. The molecule has 4 N–H and O–H groups in total. The topological polar surface area (TPSA) is 128 Å². The van der Waals surface area contributed by atoms with E-state index in [4.69, 9.17) is 10.5 Å². The van der Waals surface area contributed by atoms with E-state index in [2.05, 4.69) is 4.72 Å². The molecule has 13 heteroatoms. The summed E-state index contributed by atoms with van der Waals surface area (Å²) in [5.74, 6) is -3.77. The zero-order valence-electron chi connectivity index (χ0n) is 13.5. The third kappa shape index (κ3) is 6.90.